The molecule has 0 fully saturated rings. The minimum absolute atomic E-state index is 0.629. The molecule has 0 spiro atoms. The number of rotatable bonds is 7. The third-order valence-electron chi connectivity index (χ3n) is 4.25. The van der Waals surface area contributed by atoms with Crippen LogP contribution in [-0.4, -0.2) is 36.3 Å². The van der Waals surface area contributed by atoms with E-state index in [-0.39, 0.29) is 0 Å². The van der Waals surface area contributed by atoms with Crippen LogP contribution in [0.15, 0.2) is 46.9 Å². The highest BCUT2D eigenvalue weighted by molar-refractivity contribution is 9.10. The topological polar surface area (TPSA) is 47.8 Å². The Kier molecular flexibility index (Phi) is 5.33. The number of anilines is 1. The summed E-state index contributed by atoms with van der Waals surface area (Å²) in [6.07, 6.45) is 0. The van der Waals surface area contributed by atoms with Crippen molar-refractivity contribution in [2.45, 2.75) is 6.92 Å². The molecule has 5 nitrogen and oxygen atoms in total. The van der Waals surface area contributed by atoms with Crippen molar-refractivity contribution < 1.29 is 9.47 Å². The Morgan fingerprint density at radius 3 is 2.74 bits per heavy atom. The smallest absolute Gasteiger partial charge is 0.197 e. The Balaban J connectivity index is 1.87. The quantitative estimate of drug-likeness (QED) is 0.385. The zero-order chi connectivity index (χ0) is 18.8. The molecule has 0 saturated carbocycles. The van der Waals surface area contributed by atoms with Gasteiger partial charge in [-0.1, -0.05) is 39.4 Å². The van der Waals surface area contributed by atoms with Crippen molar-refractivity contribution in [1.29, 1.82) is 0 Å². The number of nitrogens with one attached hydrogen (secondary N) is 1. The molecule has 2 aromatic heterocycles. The highest BCUT2D eigenvalue weighted by Gasteiger charge is 2.18. The first-order chi connectivity index (χ1) is 13.2. The highest BCUT2D eigenvalue weighted by Crippen LogP contribution is 2.37. The summed E-state index contributed by atoms with van der Waals surface area (Å²) in [5.74, 6) is 1.87. The van der Waals surface area contributed by atoms with Crippen LogP contribution in [-0.2, 0) is 4.74 Å². The largest absolute Gasteiger partial charge is 0.494 e. The van der Waals surface area contributed by atoms with Crippen LogP contribution in [0.5, 0.6) is 5.75 Å². The number of fused-ring (bicyclic) bond motifs is 3. The number of halogens is 1. The van der Waals surface area contributed by atoms with Crippen LogP contribution < -0.4 is 10.1 Å². The number of ether oxygens (including phenoxy) is 2. The molecule has 2 heterocycles. The molecule has 7 heteroatoms. The number of aromatic nitrogens is 2. The van der Waals surface area contributed by atoms with Crippen LogP contribution in [0.3, 0.4) is 0 Å². The van der Waals surface area contributed by atoms with E-state index < -0.39 is 0 Å². The van der Waals surface area contributed by atoms with Gasteiger partial charge in [0.2, 0.25) is 0 Å². The molecule has 4 rings (SSSR count). The Hall–Kier alpha value is -2.09. The van der Waals surface area contributed by atoms with Gasteiger partial charge in [0.15, 0.2) is 4.96 Å². The van der Waals surface area contributed by atoms with Gasteiger partial charge >= 0.3 is 0 Å². The maximum atomic E-state index is 5.64. The summed E-state index contributed by atoms with van der Waals surface area (Å²) >= 11 is 5.16. The van der Waals surface area contributed by atoms with Crippen LogP contribution in [0.1, 0.15) is 6.92 Å². The molecule has 0 aliphatic carbocycles. The van der Waals surface area contributed by atoms with E-state index in [0.717, 1.165) is 42.5 Å². The third kappa shape index (κ3) is 3.54. The lowest BCUT2D eigenvalue weighted by atomic mass is 10.1. The molecule has 0 bridgehead atoms. The highest BCUT2D eigenvalue weighted by atomic mass is 79.9. The summed E-state index contributed by atoms with van der Waals surface area (Å²) in [4.78, 5) is 5.88. The van der Waals surface area contributed by atoms with E-state index >= 15 is 0 Å². The first-order valence-electron chi connectivity index (χ1n) is 8.78. The maximum Gasteiger partial charge on any atom is 0.197 e. The zero-order valence-electron chi connectivity index (χ0n) is 15.2. The molecule has 4 aromatic rings. The van der Waals surface area contributed by atoms with Crippen molar-refractivity contribution in [3.8, 4) is 17.0 Å². The zero-order valence-corrected chi connectivity index (χ0v) is 17.6. The summed E-state index contributed by atoms with van der Waals surface area (Å²) in [5, 5.41) is 3.51. The lowest BCUT2D eigenvalue weighted by Gasteiger charge is -2.09. The second-order valence-corrected chi connectivity index (χ2v) is 7.94. The van der Waals surface area contributed by atoms with Gasteiger partial charge in [0, 0.05) is 23.7 Å². The van der Waals surface area contributed by atoms with Crippen LogP contribution in [0.25, 0.3) is 26.4 Å². The van der Waals surface area contributed by atoms with Gasteiger partial charge in [-0.05, 0) is 37.3 Å². The molecule has 0 unspecified atom stereocenters. The summed E-state index contributed by atoms with van der Waals surface area (Å²) < 4.78 is 15.2. The fourth-order valence-corrected chi connectivity index (χ4v) is 4.37. The van der Waals surface area contributed by atoms with Gasteiger partial charge in [0.05, 0.1) is 23.4 Å². The van der Waals surface area contributed by atoms with E-state index in [0.29, 0.717) is 19.8 Å². The van der Waals surface area contributed by atoms with Crippen molar-refractivity contribution in [3.05, 3.63) is 46.9 Å². The summed E-state index contributed by atoms with van der Waals surface area (Å²) in [6, 6.07) is 14.4. The van der Waals surface area contributed by atoms with Crippen molar-refractivity contribution in [2.24, 2.45) is 0 Å². The molecular formula is C20H20BrN3O2S. The van der Waals surface area contributed by atoms with Crippen LogP contribution >= 0.6 is 27.3 Å². The molecule has 0 amide bonds. The number of methoxy groups -OCH3 is 1. The molecule has 0 radical (unpaired) electrons. The van der Waals surface area contributed by atoms with E-state index in [2.05, 4.69) is 49.9 Å². The summed E-state index contributed by atoms with van der Waals surface area (Å²) in [7, 11) is 1.71. The fourth-order valence-electron chi connectivity index (χ4n) is 3.05. The lowest BCUT2D eigenvalue weighted by Crippen LogP contribution is -2.10. The summed E-state index contributed by atoms with van der Waals surface area (Å²) in [6.45, 7) is 3.99. The van der Waals surface area contributed by atoms with Crippen molar-refractivity contribution in [2.75, 3.05) is 32.2 Å². The van der Waals surface area contributed by atoms with E-state index in [9.17, 15) is 0 Å². The second kappa shape index (κ2) is 7.88. The third-order valence-corrected chi connectivity index (χ3v) is 5.78. The van der Waals surface area contributed by atoms with Gasteiger partial charge in [-0.25, -0.2) is 4.98 Å². The first-order valence-corrected chi connectivity index (χ1v) is 10.4. The minimum atomic E-state index is 0.629. The Morgan fingerprint density at radius 1 is 1.19 bits per heavy atom. The Bertz CT molecular complexity index is 1070. The molecule has 140 valence electrons. The predicted molar refractivity (Wildman–Crippen MR) is 115 cm³/mol. The van der Waals surface area contributed by atoms with Crippen LogP contribution in [0.2, 0.25) is 0 Å². The minimum Gasteiger partial charge on any atom is -0.494 e. The van der Waals surface area contributed by atoms with Crippen molar-refractivity contribution in [3.63, 3.8) is 0 Å². The Labute approximate surface area is 170 Å². The number of imidazole rings is 1. The van der Waals surface area contributed by atoms with Crippen LogP contribution in [0.4, 0.5) is 5.82 Å². The first kappa shape index (κ1) is 18.3. The average Bonchev–Trinajstić information content (AvgIpc) is 3.19. The Morgan fingerprint density at radius 2 is 2.00 bits per heavy atom. The van der Waals surface area contributed by atoms with Crippen LogP contribution in [0, 0.1) is 0 Å². The van der Waals surface area contributed by atoms with Gasteiger partial charge in [-0.15, -0.1) is 0 Å². The number of nitrogens with zero attached hydrogens (tertiary/aromatic N) is 2. The second-order valence-electron chi connectivity index (χ2n) is 6.02. The van der Waals surface area contributed by atoms with Crippen molar-refractivity contribution >= 4 is 48.3 Å². The van der Waals surface area contributed by atoms with Gasteiger partial charge in [0.1, 0.15) is 17.3 Å². The molecule has 2 aromatic carbocycles. The maximum absolute atomic E-state index is 5.64. The van der Waals surface area contributed by atoms with E-state index in [1.807, 2.05) is 25.1 Å². The van der Waals surface area contributed by atoms with Gasteiger partial charge in [-0.3, -0.25) is 4.40 Å². The molecule has 27 heavy (non-hydrogen) atoms. The molecule has 0 atom stereocenters. The fraction of sp³-hybridized carbons (Fsp3) is 0.250. The number of hydrogen-bond acceptors (Lipinski definition) is 5. The molecular weight excluding hydrogens is 426 g/mol. The predicted octanol–water partition coefficient (Wildman–Crippen LogP) is 5.44. The van der Waals surface area contributed by atoms with Gasteiger partial charge < -0.3 is 14.8 Å². The van der Waals surface area contributed by atoms with Gasteiger partial charge in [-0.2, -0.15) is 0 Å². The molecule has 0 saturated heterocycles. The SMILES string of the molecule is CCOc1ccc2c(c1)sc1nc(-c3ccc(Br)cc3)c(NCCOC)n12. The number of thiazole rings is 1. The standard InChI is InChI=1S/C20H20BrN3O2S/c1-3-26-15-8-9-16-17(12-15)27-20-23-18(13-4-6-14(21)7-5-13)19(24(16)20)22-10-11-25-2/h4-9,12,22H,3,10-11H2,1-2H3. The number of benzene rings is 2. The molecule has 0 aliphatic rings. The normalized spacial score (nSPS) is 11.4. The average molecular weight is 446 g/mol. The van der Waals surface area contributed by atoms with Gasteiger partial charge in [0.25, 0.3) is 0 Å². The number of hydrogen-bond donors (Lipinski definition) is 1. The molecule has 1 N–H and O–H groups in total. The van der Waals surface area contributed by atoms with E-state index in [4.69, 9.17) is 14.5 Å². The monoisotopic (exact) mass is 445 g/mol. The lowest BCUT2D eigenvalue weighted by molar-refractivity contribution is 0.210. The van der Waals surface area contributed by atoms with Crippen molar-refractivity contribution in [1.82, 2.24) is 9.38 Å². The summed E-state index contributed by atoms with van der Waals surface area (Å²) in [5.41, 5.74) is 3.14. The van der Waals surface area contributed by atoms with E-state index in [1.165, 1.54) is 0 Å². The molecule has 0 aliphatic heterocycles. The van der Waals surface area contributed by atoms with E-state index in [1.54, 1.807) is 18.4 Å².